The molecule has 0 aromatic carbocycles. The minimum Gasteiger partial charge on any atom is -0.480 e. The largest absolute Gasteiger partial charge is 0.480 e. The van der Waals surface area contributed by atoms with Gasteiger partial charge in [0.1, 0.15) is 12.6 Å². The molecule has 390 valence electrons. The highest BCUT2D eigenvalue weighted by Crippen LogP contribution is 2.43. The van der Waals surface area contributed by atoms with Crippen molar-refractivity contribution in [2.24, 2.45) is 5.73 Å². The van der Waals surface area contributed by atoms with E-state index in [1.165, 1.54) is 205 Å². The van der Waals surface area contributed by atoms with Gasteiger partial charge in [0.2, 0.25) is 0 Å². The lowest BCUT2D eigenvalue weighted by atomic mass is 10.0. The van der Waals surface area contributed by atoms with E-state index in [2.05, 4.69) is 26.0 Å². The van der Waals surface area contributed by atoms with Crippen LogP contribution in [0.5, 0.6) is 0 Å². The summed E-state index contributed by atoms with van der Waals surface area (Å²) < 4.78 is 32.9. The minimum atomic E-state index is -4.72. The summed E-state index contributed by atoms with van der Waals surface area (Å²) in [5, 5.41) is 8.93. The molecule has 0 heterocycles. The van der Waals surface area contributed by atoms with Gasteiger partial charge in [-0.2, -0.15) is 0 Å². The van der Waals surface area contributed by atoms with Crippen molar-refractivity contribution in [1.29, 1.82) is 0 Å². The van der Waals surface area contributed by atoms with Gasteiger partial charge in [-0.15, -0.1) is 0 Å². The number of carboxylic acid groups (broad SMARTS) is 1. The Balaban J connectivity index is 4.15. The Hall–Kier alpha value is -1.78. The van der Waals surface area contributed by atoms with Crippen LogP contribution < -0.4 is 5.73 Å². The molecular formula is C54H104NO10P. The van der Waals surface area contributed by atoms with E-state index in [0.717, 1.165) is 38.5 Å². The van der Waals surface area contributed by atoms with Gasteiger partial charge in [0.15, 0.2) is 6.10 Å². The van der Waals surface area contributed by atoms with Crippen molar-refractivity contribution in [3.8, 4) is 0 Å². The number of ether oxygens (including phenoxy) is 2. The third-order valence-corrected chi connectivity index (χ3v) is 13.5. The van der Waals surface area contributed by atoms with Crippen LogP contribution in [0, 0.1) is 0 Å². The molecule has 12 heteroatoms. The van der Waals surface area contributed by atoms with Crippen molar-refractivity contribution in [3.63, 3.8) is 0 Å². The van der Waals surface area contributed by atoms with Crippen molar-refractivity contribution < 1.29 is 47.5 Å². The van der Waals surface area contributed by atoms with E-state index in [0.29, 0.717) is 12.8 Å². The molecule has 0 radical (unpaired) electrons. The van der Waals surface area contributed by atoms with Crippen molar-refractivity contribution in [2.75, 3.05) is 19.8 Å². The molecule has 0 saturated carbocycles. The number of phosphoric ester groups is 1. The van der Waals surface area contributed by atoms with E-state index >= 15 is 0 Å². The number of hydrogen-bond donors (Lipinski definition) is 3. The number of rotatable bonds is 53. The van der Waals surface area contributed by atoms with E-state index < -0.39 is 51.1 Å². The summed E-state index contributed by atoms with van der Waals surface area (Å²) in [7, 11) is -4.72. The molecule has 0 fully saturated rings. The van der Waals surface area contributed by atoms with Crippen LogP contribution in [0.15, 0.2) is 12.2 Å². The van der Waals surface area contributed by atoms with E-state index in [9.17, 15) is 23.8 Å². The summed E-state index contributed by atoms with van der Waals surface area (Å²) in [6.07, 6.45) is 54.2. The second-order valence-electron chi connectivity index (χ2n) is 19.1. The maximum atomic E-state index is 12.7. The second kappa shape index (κ2) is 49.6. The highest BCUT2D eigenvalue weighted by Gasteiger charge is 2.28. The molecule has 0 bridgehead atoms. The van der Waals surface area contributed by atoms with Crippen LogP contribution in [0.2, 0.25) is 0 Å². The van der Waals surface area contributed by atoms with Crippen molar-refractivity contribution in [3.05, 3.63) is 12.2 Å². The molecule has 0 spiro atoms. The zero-order valence-electron chi connectivity index (χ0n) is 42.8. The lowest BCUT2D eigenvalue weighted by molar-refractivity contribution is -0.161. The topological polar surface area (TPSA) is 172 Å². The van der Waals surface area contributed by atoms with Crippen LogP contribution in [-0.4, -0.2) is 59.9 Å². The van der Waals surface area contributed by atoms with Crippen molar-refractivity contribution >= 4 is 25.7 Å². The molecule has 0 aromatic rings. The Kier molecular flexibility index (Phi) is 48.3. The van der Waals surface area contributed by atoms with E-state index in [1.54, 1.807) is 0 Å². The maximum Gasteiger partial charge on any atom is 0.472 e. The standard InChI is InChI=1S/C54H104NO10P/c1-3-5-7-9-11-13-15-17-19-21-23-25-27-29-31-33-35-37-39-41-43-45-52(56)62-47-50(48-63-66(60,61)64-49-51(55)54(58)59)65-53(57)46-44-42-40-38-36-34-32-30-28-26-24-22-20-18-16-14-12-10-8-6-4-2/h18,20,50-51H,3-17,19,21-49,55H2,1-2H3,(H,58,59)(H,60,61)/b20-18+/t50-,51+/m1/s1. The highest BCUT2D eigenvalue weighted by atomic mass is 31.2. The van der Waals surface area contributed by atoms with E-state index in [1.807, 2.05) is 0 Å². The number of hydrogen-bond acceptors (Lipinski definition) is 9. The molecule has 4 N–H and O–H groups in total. The number of unbranched alkanes of at least 4 members (excludes halogenated alkanes) is 37. The fraction of sp³-hybridized carbons (Fsp3) is 0.907. The summed E-state index contributed by atoms with van der Waals surface area (Å²) in [6, 6.07) is -1.52. The zero-order valence-corrected chi connectivity index (χ0v) is 43.7. The molecule has 0 amide bonds. The Morgan fingerprint density at radius 2 is 0.758 bits per heavy atom. The number of nitrogens with two attached hydrogens (primary N) is 1. The lowest BCUT2D eigenvalue weighted by Crippen LogP contribution is -2.34. The van der Waals surface area contributed by atoms with Crippen LogP contribution in [0.25, 0.3) is 0 Å². The first-order chi connectivity index (χ1) is 32.1. The third kappa shape index (κ3) is 48.7. The van der Waals surface area contributed by atoms with Gasteiger partial charge in [0, 0.05) is 12.8 Å². The molecule has 1 unspecified atom stereocenters. The number of phosphoric acid groups is 1. The number of esters is 2. The Bertz CT molecular complexity index is 1170. The SMILES string of the molecule is CCCCCCCC/C=C/CCCCCCCCCCCCCC(=O)O[C@H](COC(=O)CCCCCCCCCCCCCCCCCCCCCCC)COP(=O)(O)OC[C@H](N)C(=O)O. The predicted molar refractivity (Wildman–Crippen MR) is 273 cm³/mol. The summed E-state index contributed by atoms with van der Waals surface area (Å²) in [4.78, 5) is 46.3. The molecule has 3 atom stereocenters. The molecular weight excluding hydrogens is 854 g/mol. The summed E-state index contributed by atoms with van der Waals surface area (Å²) in [5.74, 6) is -2.35. The monoisotopic (exact) mass is 958 g/mol. The molecule has 0 rings (SSSR count). The van der Waals surface area contributed by atoms with Crippen LogP contribution in [0.3, 0.4) is 0 Å². The molecule has 11 nitrogen and oxygen atoms in total. The lowest BCUT2D eigenvalue weighted by Gasteiger charge is -2.20. The fourth-order valence-electron chi connectivity index (χ4n) is 8.18. The van der Waals surface area contributed by atoms with Crippen molar-refractivity contribution in [2.45, 2.75) is 296 Å². The third-order valence-electron chi connectivity index (χ3n) is 12.5. The first-order valence-electron chi connectivity index (χ1n) is 27.7. The van der Waals surface area contributed by atoms with Crippen LogP contribution >= 0.6 is 7.82 Å². The van der Waals surface area contributed by atoms with E-state index in [4.69, 9.17) is 29.4 Å². The van der Waals surface area contributed by atoms with Crippen molar-refractivity contribution in [1.82, 2.24) is 0 Å². The van der Waals surface area contributed by atoms with Gasteiger partial charge in [0.05, 0.1) is 13.2 Å². The summed E-state index contributed by atoms with van der Waals surface area (Å²) in [6.45, 7) is 2.87. The van der Waals surface area contributed by atoms with Crippen LogP contribution in [-0.2, 0) is 37.5 Å². The molecule has 66 heavy (non-hydrogen) atoms. The number of allylic oxidation sites excluding steroid dienone is 2. The normalized spacial score (nSPS) is 13.5. The number of carbonyl (C=O) groups is 3. The number of carboxylic acids is 1. The van der Waals surface area contributed by atoms with Crippen LogP contribution in [0.4, 0.5) is 0 Å². The quantitative estimate of drug-likeness (QED) is 0.0229. The van der Waals surface area contributed by atoms with Gasteiger partial charge in [0.25, 0.3) is 0 Å². The van der Waals surface area contributed by atoms with Gasteiger partial charge in [-0.05, 0) is 38.5 Å². The highest BCUT2D eigenvalue weighted by molar-refractivity contribution is 7.47. The molecule has 0 aliphatic carbocycles. The molecule has 0 aliphatic rings. The molecule has 0 aliphatic heterocycles. The number of aliphatic carboxylic acids is 1. The predicted octanol–water partition coefficient (Wildman–Crippen LogP) is 16.0. The molecule has 0 saturated heterocycles. The second-order valence-corrected chi connectivity index (χ2v) is 20.5. The van der Waals surface area contributed by atoms with Gasteiger partial charge in [-0.1, -0.05) is 244 Å². The average Bonchev–Trinajstić information content (AvgIpc) is 3.30. The van der Waals surface area contributed by atoms with Gasteiger partial charge >= 0.3 is 25.7 Å². The maximum absolute atomic E-state index is 12.7. The fourth-order valence-corrected chi connectivity index (χ4v) is 8.96. The smallest absolute Gasteiger partial charge is 0.472 e. The van der Waals surface area contributed by atoms with Gasteiger partial charge < -0.3 is 25.2 Å². The average molecular weight is 958 g/mol. The Morgan fingerprint density at radius 1 is 0.455 bits per heavy atom. The summed E-state index contributed by atoms with van der Waals surface area (Å²) in [5.41, 5.74) is 5.36. The first-order valence-corrected chi connectivity index (χ1v) is 29.2. The van der Waals surface area contributed by atoms with Crippen LogP contribution in [0.1, 0.15) is 284 Å². The number of carbonyl (C=O) groups excluding carboxylic acids is 2. The first kappa shape index (κ1) is 64.2. The summed E-state index contributed by atoms with van der Waals surface area (Å²) >= 11 is 0. The Morgan fingerprint density at radius 3 is 1.11 bits per heavy atom. The minimum absolute atomic E-state index is 0.166. The molecule has 0 aromatic heterocycles. The Labute approximate surface area is 405 Å². The van der Waals surface area contributed by atoms with Gasteiger partial charge in [-0.3, -0.25) is 23.4 Å². The van der Waals surface area contributed by atoms with E-state index in [-0.39, 0.29) is 19.4 Å². The van der Waals surface area contributed by atoms with Gasteiger partial charge in [-0.25, -0.2) is 4.57 Å². The zero-order chi connectivity index (χ0) is 48.4.